The summed E-state index contributed by atoms with van der Waals surface area (Å²) in [6.07, 6.45) is 3.61. The van der Waals surface area contributed by atoms with Crippen molar-refractivity contribution >= 4 is 6.03 Å². The Morgan fingerprint density at radius 1 is 1.36 bits per heavy atom. The number of hydrogen-bond donors (Lipinski definition) is 2. The van der Waals surface area contributed by atoms with E-state index in [0.717, 1.165) is 31.7 Å². The van der Waals surface area contributed by atoms with Crippen LogP contribution in [0.3, 0.4) is 0 Å². The van der Waals surface area contributed by atoms with Gasteiger partial charge in [0.05, 0.1) is 0 Å². The Hall–Kier alpha value is -1.69. The lowest BCUT2D eigenvalue weighted by atomic mass is 10.1. The Kier molecular flexibility index (Phi) is 7.80. The Labute approximate surface area is 130 Å². The molecule has 0 saturated carbocycles. The molecule has 1 aromatic carbocycles. The van der Waals surface area contributed by atoms with Crippen LogP contribution < -0.4 is 11.1 Å². The predicted molar refractivity (Wildman–Crippen MR) is 83.3 cm³/mol. The minimum Gasteiger partial charge on any atom is -0.334 e. The van der Waals surface area contributed by atoms with Crippen LogP contribution in [0, 0.1) is 11.6 Å². The second-order valence-electron chi connectivity index (χ2n) is 5.33. The van der Waals surface area contributed by atoms with Crippen molar-refractivity contribution in [1.82, 2.24) is 10.2 Å². The lowest BCUT2D eigenvalue weighted by Crippen LogP contribution is -2.43. The molecule has 0 heterocycles. The molecule has 2 amide bonds. The van der Waals surface area contributed by atoms with E-state index in [1.165, 1.54) is 12.1 Å². The van der Waals surface area contributed by atoms with Crippen LogP contribution in [-0.4, -0.2) is 30.6 Å². The van der Waals surface area contributed by atoms with Gasteiger partial charge in [0.2, 0.25) is 0 Å². The molecule has 6 heteroatoms. The highest BCUT2D eigenvalue weighted by molar-refractivity contribution is 5.74. The third kappa shape index (κ3) is 5.26. The van der Waals surface area contributed by atoms with Crippen molar-refractivity contribution in [2.45, 2.75) is 45.2 Å². The van der Waals surface area contributed by atoms with Crippen molar-refractivity contribution in [2.24, 2.45) is 5.73 Å². The number of amides is 2. The van der Waals surface area contributed by atoms with Gasteiger partial charge in [-0.25, -0.2) is 13.6 Å². The molecule has 0 aliphatic rings. The van der Waals surface area contributed by atoms with Crippen LogP contribution in [0.5, 0.6) is 0 Å². The van der Waals surface area contributed by atoms with Crippen LogP contribution in [0.4, 0.5) is 13.6 Å². The second-order valence-corrected chi connectivity index (χ2v) is 5.33. The Bertz CT molecular complexity index is 482. The maximum absolute atomic E-state index is 13.5. The smallest absolute Gasteiger partial charge is 0.317 e. The first kappa shape index (κ1) is 18.4. The quantitative estimate of drug-likeness (QED) is 0.725. The third-order valence-corrected chi connectivity index (χ3v) is 3.79. The normalized spacial score (nSPS) is 12.0. The number of rotatable bonds is 8. The largest absolute Gasteiger partial charge is 0.334 e. The molecule has 0 spiro atoms. The van der Waals surface area contributed by atoms with Gasteiger partial charge in [-0.15, -0.1) is 0 Å². The summed E-state index contributed by atoms with van der Waals surface area (Å²) in [7, 11) is 1.72. The number of halogens is 2. The first-order chi connectivity index (χ1) is 10.5. The lowest BCUT2D eigenvalue weighted by Gasteiger charge is -2.27. The lowest BCUT2D eigenvalue weighted by molar-refractivity contribution is 0.183. The highest BCUT2D eigenvalue weighted by Crippen LogP contribution is 2.13. The average molecular weight is 313 g/mol. The van der Waals surface area contributed by atoms with E-state index in [0.29, 0.717) is 6.54 Å². The van der Waals surface area contributed by atoms with Crippen molar-refractivity contribution in [3.63, 3.8) is 0 Å². The van der Waals surface area contributed by atoms with Crippen LogP contribution in [0.1, 0.15) is 38.2 Å². The van der Waals surface area contributed by atoms with Crippen LogP contribution >= 0.6 is 0 Å². The highest BCUT2D eigenvalue weighted by atomic mass is 19.2. The molecule has 124 valence electrons. The zero-order valence-corrected chi connectivity index (χ0v) is 13.2. The number of nitrogens with one attached hydrogen (secondary N) is 1. The van der Waals surface area contributed by atoms with Crippen LogP contribution in [0.15, 0.2) is 18.2 Å². The van der Waals surface area contributed by atoms with E-state index in [9.17, 15) is 13.6 Å². The van der Waals surface area contributed by atoms with Crippen LogP contribution in [-0.2, 0) is 6.54 Å². The molecule has 0 fully saturated rings. The van der Waals surface area contributed by atoms with Crippen molar-refractivity contribution in [2.75, 3.05) is 13.6 Å². The van der Waals surface area contributed by atoms with E-state index in [-0.39, 0.29) is 24.2 Å². The van der Waals surface area contributed by atoms with Gasteiger partial charge >= 0.3 is 6.03 Å². The fourth-order valence-electron chi connectivity index (χ4n) is 2.34. The summed E-state index contributed by atoms with van der Waals surface area (Å²) in [5.41, 5.74) is 5.61. The van der Waals surface area contributed by atoms with E-state index in [4.69, 9.17) is 5.73 Å². The summed E-state index contributed by atoms with van der Waals surface area (Å²) < 4.78 is 26.6. The van der Waals surface area contributed by atoms with Crippen LogP contribution in [0.25, 0.3) is 0 Å². The zero-order chi connectivity index (χ0) is 16.5. The van der Waals surface area contributed by atoms with Gasteiger partial charge in [-0.1, -0.05) is 25.5 Å². The van der Waals surface area contributed by atoms with E-state index in [1.807, 2.05) is 6.92 Å². The maximum atomic E-state index is 13.5. The maximum Gasteiger partial charge on any atom is 0.317 e. The average Bonchev–Trinajstić information content (AvgIpc) is 2.52. The summed E-state index contributed by atoms with van der Waals surface area (Å²) in [6, 6.07) is 3.76. The first-order valence-electron chi connectivity index (χ1n) is 7.64. The van der Waals surface area contributed by atoms with Gasteiger partial charge in [0, 0.05) is 25.2 Å². The number of nitrogens with two attached hydrogens (primary N) is 1. The molecule has 1 atom stereocenters. The number of benzene rings is 1. The summed E-state index contributed by atoms with van der Waals surface area (Å²) >= 11 is 0. The molecule has 1 unspecified atom stereocenters. The van der Waals surface area contributed by atoms with Gasteiger partial charge in [0.1, 0.15) is 0 Å². The molecule has 0 aliphatic carbocycles. The van der Waals surface area contributed by atoms with Crippen molar-refractivity contribution in [3.8, 4) is 0 Å². The van der Waals surface area contributed by atoms with Crippen molar-refractivity contribution in [1.29, 1.82) is 0 Å². The van der Waals surface area contributed by atoms with Crippen LogP contribution in [0.2, 0.25) is 0 Å². The zero-order valence-electron chi connectivity index (χ0n) is 13.2. The van der Waals surface area contributed by atoms with Gasteiger partial charge < -0.3 is 16.0 Å². The second kappa shape index (κ2) is 9.35. The molecule has 22 heavy (non-hydrogen) atoms. The standard InChI is InChI=1S/C16H25F2N3O/c1-3-13(8-4-5-10-19)21(2)16(22)20-11-12-7-6-9-14(17)15(12)18/h6-7,9,13H,3-5,8,10-11,19H2,1-2H3,(H,20,22). The Morgan fingerprint density at radius 2 is 2.09 bits per heavy atom. The number of hydrogen-bond acceptors (Lipinski definition) is 2. The molecule has 0 bridgehead atoms. The van der Waals surface area contributed by atoms with E-state index < -0.39 is 11.6 Å². The van der Waals surface area contributed by atoms with E-state index in [1.54, 1.807) is 11.9 Å². The number of carbonyl (C=O) groups is 1. The third-order valence-electron chi connectivity index (χ3n) is 3.79. The number of urea groups is 1. The molecule has 0 aromatic heterocycles. The Morgan fingerprint density at radius 3 is 2.73 bits per heavy atom. The molecule has 1 rings (SSSR count). The highest BCUT2D eigenvalue weighted by Gasteiger charge is 2.18. The molecule has 0 saturated heterocycles. The van der Waals surface area contributed by atoms with Gasteiger partial charge in [-0.05, 0) is 31.9 Å². The topological polar surface area (TPSA) is 58.4 Å². The van der Waals surface area contributed by atoms with Gasteiger partial charge in [-0.2, -0.15) is 0 Å². The van der Waals surface area contributed by atoms with Crippen molar-refractivity contribution in [3.05, 3.63) is 35.4 Å². The molecule has 1 aromatic rings. The predicted octanol–water partition coefficient (Wildman–Crippen LogP) is 3.01. The SMILES string of the molecule is CCC(CCCCN)N(C)C(=O)NCc1cccc(F)c1F. The minimum absolute atomic E-state index is 0.0357. The number of nitrogens with zero attached hydrogens (tertiary/aromatic N) is 1. The molecule has 3 N–H and O–H groups in total. The van der Waals surface area contributed by atoms with Gasteiger partial charge in [0.15, 0.2) is 11.6 Å². The number of carbonyl (C=O) groups excluding carboxylic acids is 1. The molecule has 4 nitrogen and oxygen atoms in total. The van der Waals surface area contributed by atoms with E-state index in [2.05, 4.69) is 5.32 Å². The van der Waals surface area contributed by atoms with Gasteiger partial charge in [-0.3, -0.25) is 0 Å². The first-order valence-corrected chi connectivity index (χ1v) is 7.64. The molecular weight excluding hydrogens is 288 g/mol. The van der Waals surface area contributed by atoms with Crippen molar-refractivity contribution < 1.29 is 13.6 Å². The fourth-order valence-corrected chi connectivity index (χ4v) is 2.34. The molecule has 0 radical (unpaired) electrons. The number of unbranched alkanes of at least 4 members (excludes halogenated alkanes) is 1. The Balaban J connectivity index is 2.54. The summed E-state index contributed by atoms with van der Waals surface area (Å²) in [6.45, 7) is 2.63. The summed E-state index contributed by atoms with van der Waals surface area (Å²) in [5, 5.41) is 2.63. The summed E-state index contributed by atoms with van der Waals surface area (Å²) in [4.78, 5) is 13.7. The fraction of sp³-hybridized carbons (Fsp3) is 0.562. The minimum atomic E-state index is -0.916. The molecule has 0 aliphatic heterocycles. The van der Waals surface area contributed by atoms with Gasteiger partial charge in [0.25, 0.3) is 0 Å². The van der Waals surface area contributed by atoms with E-state index >= 15 is 0 Å². The summed E-state index contributed by atoms with van der Waals surface area (Å²) in [5.74, 6) is -1.83. The molecular formula is C16H25F2N3O. The monoisotopic (exact) mass is 313 g/mol.